The molecule has 0 spiro atoms. The number of methoxy groups -OCH3 is 2. The number of hydrogen-bond acceptors (Lipinski definition) is 5. The Kier molecular flexibility index (Phi) is 4.35. The molecule has 0 unspecified atom stereocenters. The largest absolute Gasteiger partial charge is 0.493 e. The summed E-state index contributed by atoms with van der Waals surface area (Å²) in [5.74, 6) is 0.141. The topological polar surface area (TPSA) is 68.6 Å². The van der Waals surface area contributed by atoms with E-state index < -0.39 is 5.97 Å². The van der Waals surface area contributed by atoms with Crippen LogP contribution in [0.3, 0.4) is 0 Å². The molecule has 1 aromatic rings. The molecular formula is C12H13NO4. The number of nitrogens with zero attached hydrogens (tertiary/aromatic N) is 1. The summed E-state index contributed by atoms with van der Waals surface area (Å²) in [6.07, 6.45) is 0. The van der Waals surface area contributed by atoms with Crippen molar-refractivity contribution in [3.05, 3.63) is 23.3 Å². The van der Waals surface area contributed by atoms with Crippen LogP contribution in [0.15, 0.2) is 12.1 Å². The van der Waals surface area contributed by atoms with E-state index in [-0.39, 0.29) is 17.7 Å². The highest BCUT2D eigenvalue weighted by atomic mass is 16.5. The lowest BCUT2D eigenvalue weighted by atomic mass is 10.1. The van der Waals surface area contributed by atoms with Gasteiger partial charge in [-0.05, 0) is 19.1 Å². The van der Waals surface area contributed by atoms with Gasteiger partial charge < -0.3 is 14.2 Å². The van der Waals surface area contributed by atoms with Gasteiger partial charge in [-0.15, -0.1) is 0 Å². The van der Waals surface area contributed by atoms with E-state index in [0.717, 1.165) is 0 Å². The van der Waals surface area contributed by atoms with Crippen LogP contribution in [0.5, 0.6) is 11.5 Å². The summed E-state index contributed by atoms with van der Waals surface area (Å²) in [5.41, 5.74) is 0.496. The highest BCUT2D eigenvalue weighted by Gasteiger charge is 2.16. The molecule has 90 valence electrons. The predicted octanol–water partition coefficient (Wildman–Crippen LogP) is 1.75. The highest BCUT2D eigenvalue weighted by molar-refractivity contribution is 5.91. The lowest BCUT2D eigenvalue weighted by Crippen LogP contribution is -2.06. The minimum atomic E-state index is -0.495. The second-order valence-electron chi connectivity index (χ2n) is 3.09. The van der Waals surface area contributed by atoms with Crippen molar-refractivity contribution in [1.82, 2.24) is 0 Å². The third-order valence-corrected chi connectivity index (χ3v) is 2.11. The van der Waals surface area contributed by atoms with Crippen LogP contribution in [0.25, 0.3) is 0 Å². The Bertz CT molecular complexity index is 462. The Morgan fingerprint density at radius 1 is 1.35 bits per heavy atom. The number of ether oxygens (including phenoxy) is 3. The fourth-order valence-corrected chi connectivity index (χ4v) is 1.38. The Morgan fingerprint density at radius 2 is 2.06 bits per heavy atom. The first-order valence-electron chi connectivity index (χ1n) is 5.01. The van der Waals surface area contributed by atoms with Gasteiger partial charge in [-0.1, -0.05) is 0 Å². The van der Waals surface area contributed by atoms with Crippen molar-refractivity contribution in [2.45, 2.75) is 6.92 Å². The van der Waals surface area contributed by atoms with Gasteiger partial charge in [0.2, 0.25) is 0 Å². The van der Waals surface area contributed by atoms with E-state index in [1.54, 1.807) is 6.92 Å². The Morgan fingerprint density at radius 3 is 2.53 bits per heavy atom. The molecule has 0 heterocycles. The van der Waals surface area contributed by atoms with Gasteiger partial charge in [0.15, 0.2) is 11.5 Å². The van der Waals surface area contributed by atoms with Gasteiger partial charge in [-0.3, -0.25) is 0 Å². The molecule has 0 atom stereocenters. The molecule has 5 heteroatoms. The van der Waals surface area contributed by atoms with E-state index >= 15 is 0 Å². The summed E-state index contributed by atoms with van der Waals surface area (Å²) in [6.45, 7) is 1.99. The maximum atomic E-state index is 11.6. The number of esters is 1. The quantitative estimate of drug-likeness (QED) is 0.743. The van der Waals surface area contributed by atoms with Gasteiger partial charge in [0, 0.05) is 0 Å². The molecule has 0 saturated heterocycles. The molecule has 0 bridgehead atoms. The highest BCUT2D eigenvalue weighted by Crippen LogP contribution is 2.32. The zero-order chi connectivity index (χ0) is 12.8. The molecular weight excluding hydrogens is 222 g/mol. The van der Waals surface area contributed by atoms with Crippen molar-refractivity contribution in [2.24, 2.45) is 0 Å². The van der Waals surface area contributed by atoms with Crippen LogP contribution < -0.4 is 9.47 Å². The van der Waals surface area contributed by atoms with E-state index in [1.807, 2.05) is 6.07 Å². The third-order valence-electron chi connectivity index (χ3n) is 2.11. The van der Waals surface area contributed by atoms with Crippen molar-refractivity contribution < 1.29 is 19.0 Å². The standard InChI is InChI=1S/C12H13NO4/c1-4-17-12(14)8-5-9(7-13)11(16-3)10(6-8)15-2/h5-6H,4H2,1-3H3. The molecule has 0 aliphatic heterocycles. The maximum Gasteiger partial charge on any atom is 0.338 e. The number of rotatable bonds is 4. The Labute approximate surface area is 99.5 Å². The molecule has 5 nitrogen and oxygen atoms in total. The lowest BCUT2D eigenvalue weighted by molar-refractivity contribution is 0.0526. The van der Waals surface area contributed by atoms with Crippen molar-refractivity contribution in [3.63, 3.8) is 0 Å². The fraction of sp³-hybridized carbons (Fsp3) is 0.333. The smallest absolute Gasteiger partial charge is 0.338 e. The van der Waals surface area contributed by atoms with Crippen LogP contribution in [-0.2, 0) is 4.74 Å². The Hall–Kier alpha value is -2.22. The summed E-state index contributed by atoms with van der Waals surface area (Å²) < 4.78 is 15.0. The van der Waals surface area contributed by atoms with E-state index in [9.17, 15) is 4.79 Å². The van der Waals surface area contributed by atoms with Crippen molar-refractivity contribution in [3.8, 4) is 17.6 Å². The molecule has 0 radical (unpaired) electrons. The zero-order valence-corrected chi connectivity index (χ0v) is 9.94. The molecule has 0 amide bonds. The van der Waals surface area contributed by atoms with E-state index in [1.165, 1.54) is 26.4 Å². The van der Waals surface area contributed by atoms with E-state index in [0.29, 0.717) is 11.5 Å². The number of nitriles is 1. The molecule has 0 saturated carbocycles. The minimum absolute atomic E-state index is 0.231. The fourth-order valence-electron chi connectivity index (χ4n) is 1.38. The number of carbonyl (C=O) groups is 1. The SMILES string of the molecule is CCOC(=O)c1cc(C#N)c(OC)c(OC)c1. The van der Waals surface area contributed by atoms with Crippen molar-refractivity contribution in [1.29, 1.82) is 5.26 Å². The van der Waals surface area contributed by atoms with E-state index in [2.05, 4.69) is 0 Å². The first kappa shape index (κ1) is 12.8. The van der Waals surface area contributed by atoms with Crippen LogP contribution in [0.4, 0.5) is 0 Å². The maximum absolute atomic E-state index is 11.6. The summed E-state index contributed by atoms with van der Waals surface area (Å²) in [6, 6.07) is 4.85. The average molecular weight is 235 g/mol. The molecule has 0 aliphatic carbocycles. The summed E-state index contributed by atoms with van der Waals surface area (Å²) in [7, 11) is 2.87. The second kappa shape index (κ2) is 5.75. The van der Waals surface area contributed by atoms with Crippen LogP contribution in [-0.4, -0.2) is 26.8 Å². The van der Waals surface area contributed by atoms with Gasteiger partial charge in [-0.25, -0.2) is 4.79 Å². The van der Waals surface area contributed by atoms with Gasteiger partial charge in [0.05, 0.1) is 32.0 Å². The lowest BCUT2D eigenvalue weighted by Gasteiger charge is -2.10. The molecule has 0 N–H and O–H groups in total. The predicted molar refractivity (Wildman–Crippen MR) is 60.2 cm³/mol. The average Bonchev–Trinajstić information content (AvgIpc) is 2.37. The normalized spacial score (nSPS) is 9.29. The first-order valence-corrected chi connectivity index (χ1v) is 5.01. The van der Waals surface area contributed by atoms with Crippen LogP contribution >= 0.6 is 0 Å². The van der Waals surface area contributed by atoms with Gasteiger partial charge in [-0.2, -0.15) is 5.26 Å². The molecule has 0 aliphatic rings. The third kappa shape index (κ3) is 2.67. The summed E-state index contributed by atoms with van der Waals surface area (Å²) >= 11 is 0. The van der Waals surface area contributed by atoms with E-state index in [4.69, 9.17) is 19.5 Å². The summed E-state index contributed by atoms with van der Waals surface area (Å²) in [5, 5.41) is 8.97. The Balaban J connectivity index is 3.28. The zero-order valence-electron chi connectivity index (χ0n) is 9.94. The van der Waals surface area contributed by atoms with Crippen molar-refractivity contribution in [2.75, 3.05) is 20.8 Å². The summed E-state index contributed by atoms with van der Waals surface area (Å²) in [4.78, 5) is 11.6. The van der Waals surface area contributed by atoms with Crippen LogP contribution in [0.2, 0.25) is 0 Å². The first-order chi connectivity index (χ1) is 8.17. The number of hydrogen-bond donors (Lipinski definition) is 0. The van der Waals surface area contributed by atoms with Crippen LogP contribution in [0.1, 0.15) is 22.8 Å². The van der Waals surface area contributed by atoms with Gasteiger partial charge in [0.25, 0.3) is 0 Å². The van der Waals surface area contributed by atoms with Gasteiger partial charge in [0.1, 0.15) is 6.07 Å². The number of carbonyl (C=O) groups excluding carboxylic acids is 1. The number of benzene rings is 1. The van der Waals surface area contributed by atoms with Crippen LogP contribution in [0, 0.1) is 11.3 Å². The minimum Gasteiger partial charge on any atom is -0.493 e. The molecule has 17 heavy (non-hydrogen) atoms. The second-order valence-corrected chi connectivity index (χ2v) is 3.09. The molecule has 1 aromatic carbocycles. The molecule has 0 aromatic heterocycles. The molecule has 1 rings (SSSR count). The van der Waals surface area contributed by atoms with Crippen molar-refractivity contribution >= 4 is 5.97 Å². The monoisotopic (exact) mass is 235 g/mol. The molecule has 0 fully saturated rings. The van der Waals surface area contributed by atoms with Gasteiger partial charge >= 0.3 is 5.97 Å².